The van der Waals surface area contributed by atoms with Crippen LogP contribution < -0.4 is 0 Å². The van der Waals surface area contributed by atoms with Gasteiger partial charge in [0.2, 0.25) is 0 Å². The quantitative estimate of drug-likeness (QED) is 0.521. The summed E-state index contributed by atoms with van der Waals surface area (Å²) in [5, 5.41) is 20.9. The Kier molecular flexibility index (Phi) is 3.03. The normalized spacial score (nSPS) is 32.2. The Labute approximate surface area is 84.2 Å². The zero-order chi connectivity index (χ0) is 9.97. The van der Waals surface area contributed by atoms with E-state index in [0.717, 1.165) is 31.5 Å². The van der Waals surface area contributed by atoms with Crippen LogP contribution in [0, 0.1) is 0 Å². The number of piperidine rings is 1. The molecule has 2 aliphatic rings. The van der Waals surface area contributed by atoms with Crippen molar-refractivity contribution >= 4 is 5.71 Å². The zero-order valence-electron chi connectivity index (χ0n) is 8.39. The average molecular weight is 198 g/mol. The van der Waals surface area contributed by atoms with Crippen LogP contribution in [0.4, 0.5) is 0 Å². The van der Waals surface area contributed by atoms with Gasteiger partial charge in [-0.15, -0.1) is 0 Å². The molecule has 2 bridgehead atoms. The molecule has 0 aromatic carbocycles. The van der Waals surface area contributed by atoms with E-state index in [-0.39, 0.29) is 6.61 Å². The van der Waals surface area contributed by atoms with Crippen LogP contribution in [0.3, 0.4) is 0 Å². The Morgan fingerprint density at radius 2 is 1.93 bits per heavy atom. The van der Waals surface area contributed by atoms with Crippen molar-refractivity contribution in [3.05, 3.63) is 0 Å². The lowest BCUT2D eigenvalue weighted by atomic mass is 10.0. The highest BCUT2D eigenvalue weighted by atomic mass is 16.4. The first kappa shape index (κ1) is 9.93. The Balaban J connectivity index is 1.96. The van der Waals surface area contributed by atoms with Gasteiger partial charge in [-0.3, -0.25) is 4.90 Å². The predicted octanol–water partition coefficient (Wildman–Crippen LogP) is 0.826. The van der Waals surface area contributed by atoms with Gasteiger partial charge in [-0.25, -0.2) is 0 Å². The molecule has 0 amide bonds. The monoisotopic (exact) mass is 198 g/mol. The molecule has 2 saturated heterocycles. The maximum Gasteiger partial charge on any atom is 0.0601 e. The molecule has 2 fully saturated rings. The molecule has 2 rings (SSSR count). The third kappa shape index (κ3) is 1.77. The van der Waals surface area contributed by atoms with Gasteiger partial charge in [0.15, 0.2) is 0 Å². The van der Waals surface area contributed by atoms with E-state index in [2.05, 4.69) is 10.1 Å². The number of aliphatic hydroxyl groups is 1. The van der Waals surface area contributed by atoms with Gasteiger partial charge >= 0.3 is 0 Å². The van der Waals surface area contributed by atoms with Crippen LogP contribution in [-0.2, 0) is 0 Å². The van der Waals surface area contributed by atoms with E-state index < -0.39 is 0 Å². The largest absolute Gasteiger partial charge is 0.411 e. The maximum absolute atomic E-state index is 8.80. The van der Waals surface area contributed by atoms with Crippen molar-refractivity contribution in [2.75, 3.05) is 13.2 Å². The van der Waals surface area contributed by atoms with Gasteiger partial charge in [-0.05, 0) is 19.3 Å². The van der Waals surface area contributed by atoms with Crippen LogP contribution in [0.15, 0.2) is 5.16 Å². The molecule has 0 saturated carbocycles. The Bertz CT molecular complexity index is 214. The summed E-state index contributed by atoms with van der Waals surface area (Å²) in [5.74, 6) is 0. The van der Waals surface area contributed by atoms with E-state index in [0.29, 0.717) is 12.1 Å². The molecule has 2 heterocycles. The predicted molar refractivity (Wildman–Crippen MR) is 53.7 cm³/mol. The van der Waals surface area contributed by atoms with Gasteiger partial charge in [0, 0.05) is 38.1 Å². The second-order valence-electron chi connectivity index (χ2n) is 4.27. The summed E-state index contributed by atoms with van der Waals surface area (Å²) in [6, 6.07) is 1.12. The van der Waals surface area contributed by atoms with E-state index in [9.17, 15) is 0 Å². The first-order valence-corrected chi connectivity index (χ1v) is 5.41. The summed E-state index contributed by atoms with van der Waals surface area (Å²) in [5.41, 5.74) is 0.956. The minimum absolute atomic E-state index is 0.275. The lowest BCUT2D eigenvalue weighted by Gasteiger charge is -2.34. The highest BCUT2D eigenvalue weighted by Gasteiger charge is 2.38. The molecular formula is C10H18N2O2. The average Bonchev–Trinajstić information content (AvgIpc) is 2.46. The Hall–Kier alpha value is -0.610. The van der Waals surface area contributed by atoms with Gasteiger partial charge in [0.1, 0.15) is 0 Å². The standard InChI is InChI=1S/C10H18N2O2/c13-5-1-4-12-9-2-3-10(12)7-8(6-9)11-14/h9-10,13-14H,1-7H2. The van der Waals surface area contributed by atoms with Crippen molar-refractivity contribution in [1.82, 2.24) is 4.90 Å². The summed E-state index contributed by atoms with van der Waals surface area (Å²) >= 11 is 0. The molecule has 0 radical (unpaired) electrons. The van der Waals surface area contributed by atoms with E-state index >= 15 is 0 Å². The molecule has 80 valence electrons. The molecule has 4 heteroatoms. The van der Waals surface area contributed by atoms with E-state index in [1.165, 1.54) is 12.8 Å². The van der Waals surface area contributed by atoms with Crippen LogP contribution >= 0.6 is 0 Å². The highest BCUT2D eigenvalue weighted by Crippen LogP contribution is 2.34. The fourth-order valence-corrected chi connectivity index (χ4v) is 2.78. The van der Waals surface area contributed by atoms with Crippen LogP contribution in [0.2, 0.25) is 0 Å². The second kappa shape index (κ2) is 4.28. The zero-order valence-corrected chi connectivity index (χ0v) is 8.39. The van der Waals surface area contributed by atoms with Crippen LogP contribution in [0.5, 0.6) is 0 Å². The van der Waals surface area contributed by atoms with Crippen molar-refractivity contribution in [2.45, 2.75) is 44.2 Å². The lowest BCUT2D eigenvalue weighted by Crippen LogP contribution is -2.43. The first-order chi connectivity index (χ1) is 6.85. The molecule has 14 heavy (non-hydrogen) atoms. The summed E-state index contributed by atoms with van der Waals surface area (Å²) in [6.45, 7) is 1.27. The molecule has 0 spiro atoms. The third-order valence-corrected chi connectivity index (χ3v) is 3.43. The summed E-state index contributed by atoms with van der Waals surface area (Å²) in [4.78, 5) is 2.48. The Morgan fingerprint density at radius 3 is 2.43 bits per heavy atom. The molecule has 2 aliphatic heterocycles. The second-order valence-corrected chi connectivity index (χ2v) is 4.27. The molecular weight excluding hydrogens is 180 g/mol. The number of rotatable bonds is 3. The van der Waals surface area contributed by atoms with Gasteiger partial charge in [0.25, 0.3) is 0 Å². The first-order valence-electron chi connectivity index (χ1n) is 5.41. The van der Waals surface area contributed by atoms with Gasteiger partial charge < -0.3 is 10.3 Å². The smallest absolute Gasteiger partial charge is 0.0601 e. The van der Waals surface area contributed by atoms with Crippen LogP contribution in [-0.4, -0.2) is 46.2 Å². The number of oxime groups is 1. The number of fused-ring (bicyclic) bond motifs is 2. The van der Waals surface area contributed by atoms with Crippen LogP contribution in [0.1, 0.15) is 32.1 Å². The molecule has 4 nitrogen and oxygen atoms in total. The van der Waals surface area contributed by atoms with E-state index in [1.54, 1.807) is 0 Å². The number of hydrogen-bond acceptors (Lipinski definition) is 4. The van der Waals surface area contributed by atoms with Crippen molar-refractivity contribution in [2.24, 2.45) is 5.16 Å². The minimum atomic E-state index is 0.275. The molecule has 0 aromatic heterocycles. The fraction of sp³-hybridized carbons (Fsp3) is 0.900. The summed E-state index contributed by atoms with van der Waals surface area (Å²) in [6.07, 6.45) is 5.12. The number of nitrogens with zero attached hydrogens (tertiary/aromatic N) is 2. The number of aliphatic hydroxyl groups excluding tert-OH is 1. The molecule has 2 N–H and O–H groups in total. The Morgan fingerprint density at radius 1 is 1.29 bits per heavy atom. The van der Waals surface area contributed by atoms with Gasteiger partial charge in [-0.1, -0.05) is 5.16 Å². The molecule has 0 aromatic rings. The maximum atomic E-state index is 8.80. The van der Waals surface area contributed by atoms with E-state index in [1.807, 2.05) is 0 Å². The van der Waals surface area contributed by atoms with Crippen molar-refractivity contribution in [1.29, 1.82) is 0 Å². The van der Waals surface area contributed by atoms with Crippen molar-refractivity contribution < 1.29 is 10.3 Å². The van der Waals surface area contributed by atoms with Crippen molar-refractivity contribution in [3.63, 3.8) is 0 Å². The fourth-order valence-electron chi connectivity index (χ4n) is 2.78. The van der Waals surface area contributed by atoms with E-state index in [4.69, 9.17) is 10.3 Å². The molecule has 2 atom stereocenters. The minimum Gasteiger partial charge on any atom is -0.411 e. The third-order valence-electron chi connectivity index (χ3n) is 3.43. The molecule has 0 aliphatic carbocycles. The van der Waals surface area contributed by atoms with Crippen LogP contribution in [0.25, 0.3) is 0 Å². The SMILES string of the molecule is OCCCN1C2CCC1CC(=NO)C2. The lowest BCUT2D eigenvalue weighted by molar-refractivity contribution is 0.160. The van der Waals surface area contributed by atoms with Gasteiger partial charge in [0.05, 0.1) is 5.71 Å². The van der Waals surface area contributed by atoms with Gasteiger partial charge in [-0.2, -0.15) is 0 Å². The topological polar surface area (TPSA) is 56.1 Å². The van der Waals surface area contributed by atoms with Crippen molar-refractivity contribution in [3.8, 4) is 0 Å². The summed E-state index contributed by atoms with van der Waals surface area (Å²) < 4.78 is 0. The number of hydrogen-bond donors (Lipinski definition) is 2. The highest BCUT2D eigenvalue weighted by molar-refractivity contribution is 5.86. The molecule has 2 unspecified atom stereocenters. The summed E-state index contributed by atoms with van der Waals surface area (Å²) in [7, 11) is 0.